The van der Waals surface area contributed by atoms with Crippen LogP contribution in [0.5, 0.6) is 5.75 Å². The van der Waals surface area contributed by atoms with E-state index in [0.717, 1.165) is 44.3 Å². The summed E-state index contributed by atoms with van der Waals surface area (Å²) in [7, 11) is 0. The Morgan fingerprint density at radius 2 is 1.81 bits per heavy atom. The third kappa shape index (κ3) is 10.4. The topological polar surface area (TPSA) is 50.5 Å². The Morgan fingerprint density at radius 1 is 1.16 bits per heavy atom. The maximum atomic E-state index is 6.32. The molecule has 4 nitrogen and oxygen atoms in total. The Morgan fingerprint density at radius 3 is 2.41 bits per heavy atom. The molecular formula is C28H49N3O. The summed E-state index contributed by atoms with van der Waals surface area (Å²) in [5, 5.41) is 3.71. The van der Waals surface area contributed by atoms with Crippen LogP contribution in [0.2, 0.25) is 0 Å². The van der Waals surface area contributed by atoms with Crippen LogP contribution in [0.1, 0.15) is 80.1 Å². The molecule has 0 spiro atoms. The molecule has 1 aliphatic carbocycles. The summed E-state index contributed by atoms with van der Waals surface area (Å²) in [6.45, 7) is 16.8. The van der Waals surface area contributed by atoms with E-state index in [-0.39, 0.29) is 11.6 Å². The highest BCUT2D eigenvalue weighted by Crippen LogP contribution is 2.26. The second-order valence-corrected chi connectivity index (χ2v) is 11.1. The molecule has 1 aromatic rings. The van der Waals surface area contributed by atoms with Crippen LogP contribution < -0.4 is 20.7 Å². The molecule has 0 aliphatic heterocycles. The molecular weight excluding hydrogens is 394 g/mol. The quantitative estimate of drug-likeness (QED) is 0.358. The summed E-state index contributed by atoms with van der Waals surface area (Å²) in [6.07, 6.45) is 10.1. The number of rotatable bonds is 13. The summed E-state index contributed by atoms with van der Waals surface area (Å²) in [6, 6.07) is 8.87. The lowest BCUT2D eigenvalue weighted by atomic mass is 9.90. The summed E-state index contributed by atoms with van der Waals surface area (Å²) in [5.74, 6) is 2.34. The van der Waals surface area contributed by atoms with Gasteiger partial charge in [0.2, 0.25) is 0 Å². The van der Waals surface area contributed by atoms with Crippen LogP contribution in [0.3, 0.4) is 0 Å². The lowest BCUT2D eigenvalue weighted by Gasteiger charge is -2.35. The molecule has 1 aromatic carbocycles. The highest BCUT2D eigenvalue weighted by atomic mass is 16.5. The first-order chi connectivity index (χ1) is 15.1. The third-order valence-corrected chi connectivity index (χ3v) is 6.34. The van der Waals surface area contributed by atoms with E-state index in [1.165, 1.54) is 43.4 Å². The van der Waals surface area contributed by atoms with Crippen LogP contribution in [-0.4, -0.2) is 37.8 Å². The molecule has 2 rings (SSSR count). The maximum absolute atomic E-state index is 6.32. The Hall–Kier alpha value is -1.52. The molecule has 32 heavy (non-hydrogen) atoms. The molecule has 1 fully saturated rings. The fraction of sp³-hybridized carbons (Fsp3) is 0.714. The van der Waals surface area contributed by atoms with Gasteiger partial charge in [-0.15, -0.1) is 0 Å². The number of ether oxygens (including phenoxy) is 1. The molecule has 0 radical (unpaired) electrons. The summed E-state index contributed by atoms with van der Waals surface area (Å²) in [5.41, 5.74) is 8.85. The maximum Gasteiger partial charge on any atom is 0.119 e. The molecule has 3 N–H and O–H groups in total. The average Bonchev–Trinajstić information content (AvgIpc) is 2.74. The van der Waals surface area contributed by atoms with Crippen LogP contribution in [0.25, 0.3) is 0 Å². The zero-order valence-corrected chi connectivity index (χ0v) is 21.6. The van der Waals surface area contributed by atoms with Crippen LogP contribution in [-0.2, 0) is 0 Å². The van der Waals surface area contributed by atoms with E-state index >= 15 is 0 Å². The van der Waals surface area contributed by atoms with E-state index in [1.54, 1.807) is 0 Å². The first-order valence-corrected chi connectivity index (χ1v) is 12.8. The van der Waals surface area contributed by atoms with Crippen molar-refractivity contribution in [2.75, 3.05) is 31.1 Å². The van der Waals surface area contributed by atoms with Gasteiger partial charge in [0, 0.05) is 36.9 Å². The minimum Gasteiger partial charge on any atom is -0.493 e. The smallest absolute Gasteiger partial charge is 0.119 e. The van der Waals surface area contributed by atoms with Crippen LogP contribution in [0, 0.1) is 11.8 Å². The molecule has 0 unspecified atom stereocenters. The lowest BCUT2D eigenvalue weighted by molar-refractivity contribution is 0.209. The molecule has 0 bridgehead atoms. The Kier molecular flexibility index (Phi) is 11.1. The number of nitrogens with zero attached hydrogens (tertiary/aromatic N) is 1. The van der Waals surface area contributed by atoms with Gasteiger partial charge in [0.1, 0.15) is 5.75 Å². The number of allylic oxidation sites excluding steroid dienone is 1. The summed E-state index contributed by atoms with van der Waals surface area (Å²) < 4.78 is 6.12. The van der Waals surface area contributed by atoms with Crippen LogP contribution >= 0.6 is 0 Å². The number of anilines is 1. The number of hydrogen-bond acceptors (Lipinski definition) is 4. The van der Waals surface area contributed by atoms with Gasteiger partial charge in [0.15, 0.2) is 0 Å². The predicted octanol–water partition coefficient (Wildman–Crippen LogP) is 6.16. The van der Waals surface area contributed by atoms with Crippen molar-refractivity contribution in [2.45, 2.75) is 91.6 Å². The van der Waals surface area contributed by atoms with Crippen molar-refractivity contribution in [1.82, 2.24) is 5.32 Å². The molecule has 0 aromatic heterocycles. The summed E-state index contributed by atoms with van der Waals surface area (Å²) in [4.78, 5) is 2.44. The van der Waals surface area contributed by atoms with Crippen LogP contribution in [0.4, 0.5) is 5.69 Å². The van der Waals surface area contributed by atoms with E-state index in [1.807, 2.05) is 0 Å². The second kappa shape index (κ2) is 13.3. The molecule has 1 atom stereocenters. The minimum absolute atomic E-state index is 0.0414. The monoisotopic (exact) mass is 443 g/mol. The number of nitrogens with two attached hydrogens (primary N) is 1. The van der Waals surface area contributed by atoms with Crippen molar-refractivity contribution in [1.29, 1.82) is 0 Å². The van der Waals surface area contributed by atoms with Gasteiger partial charge in [-0.2, -0.15) is 0 Å². The minimum atomic E-state index is -0.0414. The van der Waals surface area contributed by atoms with E-state index in [4.69, 9.17) is 10.5 Å². The summed E-state index contributed by atoms with van der Waals surface area (Å²) >= 11 is 0. The zero-order valence-electron chi connectivity index (χ0n) is 21.6. The molecule has 1 saturated carbocycles. The highest BCUT2D eigenvalue weighted by molar-refractivity contribution is 5.50. The predicted molar refractivity (Wildman–Crippen MR) is 140 cm³/mol. The SMILES string of the molecule is CC(C)=CCN(CC(C)(C)NC[C@@H](N)CC(C)C)c1ccc(OCC2CCCCC2)cc1. The van der Waals surface area contributed by atoms with Gasteiger partial charge in [0.25, 0.3) is 0 Å². The second-order valence-electron chi connectivity index (χ2n) is 11.1. The van der Waals surface area contributed by atoms with Gasteiger partial charge in [-0.1, -0.05) is 44.8 Å². The van der Waals surface area contributed by atoms with Crippen molar-refractivity contribution in [2.24, 2.45) is 17.6 Å². The van der Waals surface area contributed by atoms with Gasteiger partial charge in [-0.05, 0) is 83.1 Å². The fourth-order valence-electron chi connectivity index (χ4n) is 4.50. The normalized spacial score (nSPS) is 16.1. The first kappa shape index (κ1) is 26.7. The zero-order chi connectivity index (χ0) is 23.6. The average molecular weight is 444 g/mol. The standard InChI is InChI=1S/C28H49N3O/c1-22(2)16-17-31(21-28(5,6)30-19-25(29)18-23(3)4)26-12-14-27(15-13-26)32-20-24-10-8-7-9-11-24/h12-16,23-25,30H,7-11,17-21,29H2,1-6H3/t25-/m0/s1. The van der Waals surface area contributed by atoms with Gasteiger partial charge >= 0.3 is 0 Å². The van der Waals surface area contributed by atoms with Gasteiger partial charge in [0.05, 0.1) is 6.61 Å². The Balaban J connectivity index is 1.98. The fourth-order valence-corrected chi connectivity index (χ4v) is 4.50. The van der Waals surface area contributed by atoms with E-state index < -0.39 is 0 Å². The molecule has 182 valence electrons. The first-order valence-electron chi connectivity index (χ1n) is 12.8. The molecule has 0 saturated heterocycles. The highest BCUT2D eigenvalue weighted by Gasteiger charge is 2.22. The van der Waals surface area contributed by atoms with Gasteiger partial charge in [-0.25, -0.2) is 0 Å². The molecule has 4 heteroatoms. The van der Waals surface area contributed by atoms with Crippen molar-refractivity contribution >= 4 is 5.69 Å². The lowest BCUT2D eigenvalue weighted by Crippen LogP contribution is -2.52. The van der Waals surface area contributed by atoms with Crippen molar-refractivity contribution in [3.05, 3.63) is 35.9 Å². The van der Waals surface area contributed by atoms with Gasteiger partial charge < -0.3 is 20.7 Å². The van der Waals surface area contributed by atoms with Crippen molar-refractivity contribution in [3.63, 3.8) is 0 Å². The van der Waals surface area contributed by atoms with E-state index in [2.05, 4.69) is 82.1 Å². The number of hydrogen-bond donors (Lipinski definition) is 2. The Bertz CT molecular complexity index is 670. The third-order valence-electron chi connectivity index (χ3n) is 6.34. The Labute approximate surface area is 198 Å². The molecule has 0 heterocycles. The number of nitrogens with one attached hydrogen (secondary N) is 1. The van der Waals surface area contributed by atoms with Gasteiger partial charge in [-0.3, -0.25) is 0 Å². The molecule has 1 aliphatic rings. The van der Waals surface area contributed by atoms with E-state index in [0.29, 0.717) is 5.92 Å². The van der Waals surface area contributed by atoms with Crippen molar-refractivity contribution in [3.8, 4) is 5.75 Å². The van der Waals surface area contributed by atoms with Crippen molar-refractivity contribution < 1.29 is 4.74 Å². The van der Waals surface area contributed by atoms with E-state index in [9.17, 15) is 0 Å². The van der Waals surface area contributed by atoms with Crippen LogP contribution in [0.15, 0.2) is 35.9 Å². The molecule has 0 amide bonds. The largest absolute Gasteiger partial charge is 0.493 e. The number of benzene rings is 1.